The third-order valence-electron chi connectivity index (χ3n) is 1.56. The number of aliphatic hydroxyl groups is 1. The minimum Gasteiger partial charge on any atom is -0.384 e. The zero-order chi connectivity index (χ0) is 9.14. The summed E-state index contributed by atoms with van der Waals surface area (Å²) in [4.78, 5) is 12.5. The van der Waals surface area contributed by atoms with Gasteiger partial charge in [0.15, 0.2) is 0 Å². The lowest BCUT2D eigenvalue weighted by Gasteiger charge is -2.15. The number of anilines is 1. The van der Waals surface area contributed by atoms with Gasteiger partial charge in [0, 0.05) is 13.2 Å². The molecular weight excluding hydrogens is 158 g/mol. The summed E-state index contributed by atoms with van der Waals surface area (Å²) in [6.45, 7) is 1.43. The maximum absolute atomic E-state index is 11.2. The second-order valence-corrected chi connectivity index (χ2v) is 2.53. The zero-order valence-electron chi connectivity index (χ0n) is 6.98. The minimum absolute atomic E-state index is 0.351. The lowest BCUT2D eigenvalue weighted by molar-refractivity contribution is -0.125. The van der Waals surface area contributed by atoms with Gasteiger partial charge in [-0.1, -0.05) is 0 Å². The molecule has 66 valence electrons. The van der Waals surface area contributed by atoms with Crippen molar-refractivity contribution in [1.82, 2.24) is 10.2 Å². The van der Waals surface area contributed by atoms with E-state index in [1.165, 1.54) is 18.0 Å². The smallest absolute Gasteiger partial charge is 0.255 e. The second-order valence-electron chi connectivity index (χ2n) is 2.53. The molecule has 1 amide bonds. The molecule has 1 atom stereocenters. The van der Waals surface area contributed by atoms with E-state index in [1.807, 2.05) is 0 Å². The molecule has 0 saturated carbocycles. The predicted molar refractivity (Wildman–Crippen MR) is 43.7 cm³/mol. The number of amides is 1. The Bertz CT molecular complexity index is 256. The number of aromatic amines is 1. The number of hydrogen-bond donors (Lipinski definition) is 2. The summed E-state index contributed by atoms with van der Waals surface area (Å²) < 4.78 is 0. The van der Waals surface area contributed by atoms with Crippen molar-refractivity contribution in [3.63, 3.8) is 0 Å². The monoisotopic (exact) mass is 169 g/mol. The highest BCUT2D eigenvalue weighted by Gasteiger charge is 2.16. The molecule has 0 radical (unpaired) electrons. The van der Waals surface area contributed by atoms with Crippen LogP contribution in [0.2, 0.25) is 0 Å². The molecule has 1 aromatic heterocycles. The number of aliphatic hydroxyl groups excluding tert-OH is 1. The molecule has 0 aliphatic heterocycles. The molecule has 0 saturated heterocycles. The average Bonchev–Trinajstić information content (AvgIpc) is 2.53. The van der Waals surface area contributed by atoms with Crippen LogP contribution < -0.4 is 4.90 Å². The largest absolute Gasteiger partial charge is 0.384 e. The normalized spacial score (nSPS) is 12.6. The first-order valence-corrected chi connectivity index (χ1v) is 3.57. The number of hydrogen-bond acceptors (Lipinski definition) is 3. The van der Waals surface area contributed by atoms with Crippen molar-refractivity contribution in [2.75, 3.05) is 11.9 Å². The van der Waals surface area contributed by atoms with E-state index >= 15 is 0 Å². The van der Waals surface area contributed by atoms with Gasteiger partial charge in [-0.25, -0.2) is 0 Å². The van der Waals surface area contributed by atoms with Gasteiger partial charge < -0.3 is 10.0 Å². The molecular formula is C7H11N3O2. The molecule has 0 bridgehead atoms. The van der Waals surface area contributed by atoms with E-state index in [2.05, 4.69) is 10.2 Å². The Morgan fingerprint density at radius 1 is 1.83 bits per heavy atom. The molecule has 1 rings (SSSR count). The molecule has 0 aromatic carbocycles. The summed E-state index contributed by atoms with van der Waals surface area (Å²) in [5.74, 6) is -0.351. The predicted octanol–water partition coefficient (Wildman–Crippen LogP) is -0.247. The van der Waals surface area contributed by atoms with Crippen molar-refractivity contribution < 1.29 is 9.90 Å². The van der Waals surface area contributed by atoms with Crippen LogP contribution in [0, 0.1) is 0 Å². The van der Waals surface area contributed by atoms with E-state index in [1.54, 1.807) is 13.2 Å². The first-order valence-electron chi connectivity index (χ1n) is 3.57. The van der Waals surface area contributed by atoms with E-state index in [0.29, 0.717) is 5.69 Å². The first-order chi connectivity index (χ1) is 5.63. The van der Waals surface area contributed by atoms with E-state index in [-0.39, 0.29) is 5.91 Å². The first kappa shape index (κ1) is 8.73. The second kappa shape index (κ2) is 3.36. The lowest BCUT2D eigenvalue weighted by Crippen LogP contribution is -2.34. The maximum Gasteiger partial charge on any atom is 0.255 e. The number of likely N-dealkylation sites (N-methyl/N-ethyl adjacent to an activating group) is 1. The van der Waals surface area contributed by atoms with Crippen LogP contribution in [0.25, 0.3) is 0 Å². The third kappa shape index (κ3) is 1.62. The van der Waals surface area contributed by atoms with Gasteiger partial charge in [-0.2, -0.15) is 5.10 Å². The number of nitrogens with zero attached hydrogens (tertiary/aromatic N) is 2. The Labute approximate surface area is 70.0 Å². The molecule has 0 unspecified atom stereocenters. The van der Waals surface area contributed by atoms with Gasteiger partial charge in [-0.05, 0) is 6.92 Å². The summed E-state index contributed by atoms with van der Waals surface area (Å²) in [7, 11) is 1.58. The third-order valence-corrected chi connectivity index (χ3v) is 1.56. The van der Waals surface area contributed by atoms with Crippen LogP contribution in [0.1, 0.15) is 6.92 Å². The fraction of sp³-hybridized carbons (Fsp3) is 0.429. The number of rotatable bonds is 2. The Morgan fingerprint density at radius 2 is 2.50 bits per heavy atom. The van der Waals surface area contributed by atoms with E-state index < -0.39 is 6.10 Å². The highest BCUT2D eigenvalue weighted by atomic mass is 16.3. The quantitative estimate of drug-likeness (QED) is 0.641. The Kier molecular flexibility index (Phi) is 2.44. The molecule has 2 N–H and O–H groups in total. The van der Waals surface area contributed by atoms with Crippen LogP contribution in [-0.2, 0) is 4.79 Å². The van der Waals surface area contributed by atoms with Crippen molar-refractivity contribution in [2.45, 2.75) is 13.0 Å². The number of carbonyl (C=O) groups is 1. The number of carbonyl (C=O) groups excluding carboxylic acids is 1. The molecule has 5 nitrogen and oxygen atoms in total. The molecule has 5 heteroatoms. The van der Waals surface area contributed by atoms with Crippen LogP contribution in [0.4, 0.5) is 5.69 Å². The fourth-order valence-electron chi connectivity index (χ4n) is 0.835. The van der Waals surface area contributed by atoms with Crippen molar-refractivity contribution in [2.24, 2.45) is 0 Å². The van der Waals surface area contributed by atoms with Gasteiger partial charge in [-0.3, -0.25) is 9.89 Å². The highest BCUT2D eigenvalue weighted by molar-refractivity contribution is 5.95. The molecule has 0 spiro atoms. The van der Waals surface area contributed by atoms with Crippen LogP contribution in [0.3, 0.4) is 0 Å². The van der Waals surface area contributed by atoms with Gasteiger partial charge >= 0.3 is 0 Å². The van der Waals surface area contributed by atoms with E-state index in [0.717, 1.165) is 0 Å². The van der Waals surface area contributed by atoms with Gasteiger partial charge in [0.2, 0.25) is 0 Å². The molecule has 0 aliphatic carbocycles. The van der Waals surface area contributed by atoms with Crippen molar-refractivity contribution in [3.05, 3.63) is 12.4 Å². The zero-order valence-corrected chi connectivity index (χ0v) is 6.98. The lowest BCUT2D eigenvalue weighted by atomic mass is 10.3. The van der Waals surface area contributed by atoms with Crippen LogP contribution in [0.15, 0.2) is 12.4 Å². The maximum atomic E-state index is 11.2. The van der Waals surface area contributed by atoms with Crippen molar-refractivity contribution >= 4 is 11.6 Å². The minimum atomic E-state index is -0.982. The summed E-state index contributed by atoms with van der Waals surface area (Å²) in [6, 6.07) is 0. The Hall–Kier alpha value is -1.36. The molecule has 1 heterocycles. The van der Waals surface area contributed by atoms with E-state index in [4.69, 9.17) is 5.11 Å². The van der Waals surface area contributed by atoms with Gasteiger partial charge in [-0.15, -0.1) is 0 Å². The number of H-pyrrole nitrogens is 1. The summed E-state index contributed by atoms with van der Waals surface area (Å²) in [6.07, 6.45) is 2.12. The van der Waals surface area contributed by atoms with Crippen LogP contribution >= 0.6 is 0 Å². The topological polar surface area (TPSA) is 69.2 Å². The molecule has 0 fully saturated rings. The summed E-state index contributed by atoms with van der Waals surface area (Å²) in [5.41, 5.74) is 0.640. The molecule has 1 aromatic rings. The van der Waals surface area contributed by atoms with Crippen molar-refractivity contribution in [3.8, 4) is 0 Å². The van der Waals surface area contributed by atoms with Crippen LogP contribution in [0.5, 0.6) is 0 Å². The average molecular weight is 169 g/mol. The molecule has 0 aliphatic rings. The van der Waals surface area contributed by atoms with Gasteiger partial charge in [0.05, 0.1) is 11.9 Å². The molecule has 12 heavy (non-hydrogen) atoms. The summed E-state index contributed by atoms with van der Waals surface area (Å²) in [5, 5.41) is 15.2. The van der Waals surface area contributed by atoms with E-state index in [9.17, 15) is 4.79 Å². The number of aromatic nitrogens is 2. The fourth-order valence-corrected chi connectivity index (χ4v) is 0.835. The highest BCUT2D eigenvalue weighted by Crippen LogP contribution is 2.09. The Morgan fingerprint density at radius 3 is 2.92 bits per heavy atom. The van der Waals surface area contributed by atoms with Crippen LogP contribution in [-0.4, -0.2) is 34.4 Å². The van der Waals surface area contributed by atoms with Crippen molar-refractivity contribution in [1.29, 1.82) is 0 Å². The van der Waals surface area contributed by atoms with Gasteiger partial charge in [0.25, 0.3) is 5.91 Å². The standard InChI is InChI=1S/C7H11N3O2/c1-5(11)7(12)10(2)6-3-8-9-4-6/h3-5,11H,1-2H3,(H,8,9)/t5-/m1/s1. The van der Waals surface area contributed by atoms with Gasteiger partial charge in [0.1, 0.15) is 6.10 Å². The SMILES string of the molecule is C[C@@H](O)C(=O)N(C)c1cn[nH]c1. The number of nitrogens with one attached hydrogen (secondary N) is 1. The summed E-state index contributed by atoms with van der Waals surface area (Å²) >= 11 is 0. The Balaban J connectivity index is 2.72.